The molecule has 0 spiro atoms. The molecule has 0 radical (unpaired) electrons. The summed E-state index contributed by atoms with van der Waals surface area (Å²) in [5.74, 6) is 0.0789. The molecule has 2 rings (SSSR count). The van der Waals surface area contributed by atoms with Crippen LogP contribution in [0.25, 0.3) is 0 Å². The average molecular weight is 257 g/mol. The average Bonchev–Trinajstić information content (AvgIpc) is 2.41. The van der Waals surface area contributed by atoms with Gasteiger partial charge < -0.3 is 10.2 Å². The highest BCUT2D eigenvalue weighted by molar-refractivity contribution is 5.99. The summed E-state index contributed by atoms with van der Waals surface area (Å²) >= 11 is 0. The van der Waals surface area contributed by atoms with Gasteiger partial charge in [0.15, 0.2) is 0 Å². The summed E-state index contributed by atoms with van der Waals surface area (Å²) in [6.45, 7) is 5.37. The molecule has 1 fully saturated rings. The number of piperidine rings is 1. The Morgan fingerprint density at radius 2 is 2.32 bits per heavy atom. The van der Waals surface area contributed by atoms with Gasteiger partial charge in [-0.2, -0.15) is 5.26 Å². The summed E-state index contributed by atoms with van der Waals surface area (Å²) in [6, 6.07) is 7.75. The first-order chi connectivity index (χ1) is 9.19. The molecule has 4 heteroatoms. The molecule has 1 aliphatic rings. The third-order valence-corrected chi connectivity index (χ3v) is 3.54. The van der Waals surface area contributed by atoms with E-state index < -0.39 is 0 Å². The van der Waals surface area contributed by atoms with Crippen LogP contribution in [0.3, 0.4) is 0 Å². The molecule has 1 amide bonds. The van der Waals surface area contributed by atoms with Crippen molar-refractivity contribution in [1.82, 2.24) is 5.32 Å². The van der Waals surface area contributed by atoms with Crippen molar-refractivity contribution in [2.24, 2.45) is 0 Å². The van der Waals surface area contributed by atoms with Gasteiger partial charge in [-0.05, 0) is 37.9 Å². The van der Waals surface area contributed by atoms with Crippen LogP contribution in [-0.2, 0) is 4.79 Å². The molecule has 19 heavy (non-hydrogen) atoms. The highest BCUT2D eigenvalue weighted by atomic mass is 16.2. The fourth-order valence-corrected chi connectivity index (χ4v) is 2.57. The zero-order valence-corrected chi connectivity index (χ0v) is 11.4. The molecule has 0 saturated carbocycles. The normalized spacial score (nSPS) is 19.3. The lowest BCUT2D eigenvalue weighted by molar-refractivity contribution is -0.121. The molecule has 0 aromatic heterocycles. The molecule has 0 aliphatic carbocycles. The molecule has 1 unspecified atom stereocenters. The topological polar surface area (TPSA) is 56.1 Å². The van der Waals surface area contributed by atoms with Crippen molar-refractivity contribution in [3.05, 3.63) is 29.3 Å². The molecule has 4 nitrogen and oxygen atoms in total. The van der Waals surface area contributed by atoms with E-state index in [1.54, 1.807) is 4.90 Å². The third-order valence-electron chi connectivity index (χ3n) is 3.54. The van der Waals surface area contributed by atoms with E-state index in [-0.39, 0.29) is 11.9 Å². The van der Waals surface area contributed by atoms with Crippen molar-refractivity contribution in [2.75, 3.05) is 18.0 Å². The van der Waals surface area contributed by atoms with Gasteiger partial charge in [0.25, 0.3) is 0 Å². The summed E-state index contributed by atoms with van der Waals surface area (Å²) in [6.07, 6.45) is 1.83. The van der Waals surface area contributed by atoms with E-state index in [1.165, 1.54) is 0 Å². The van der Waals surface area contributed by atoms with E-state index in [2.05, 4.69) is 11.4 Å². The Morgan fingerprint density at radius 1 is 1.53 bits per heavy atom. The van der Waals surface area contributed by atoms with E-state index >= 15 is 0 Å². The summed E-state index contributed by atoms with van der Waals surface area (Å²) in [5, 5.41) is 12.5. The second-order valence-corrected chi connectivity index (χ2v) is 4.82. The first-order valence-corrected chi connectivity index (χ1v) is 6.73. The van der Waals surface area contributed by atoms with Gasteiger partial charge in [0.1, 0.15) is 6.07 Å². The largest absolute Gasteiger partial charge is 0.310 e. The van der Waals surface area contributed by atoms with Gasteiger partial charge in [-0.15, -0.1) is 0 Å². The maximum Gasteiger partial charge on any atom is 0.244 e. The van der Waals surface area contributed by atoms with Crippen LogP contribution in [0, 0.1) is 18.3 Å². The van der Waals surface area contributed by atoms with Crippen LogP contribution in [0.1, 0.15) is 30.9 Å². The van der Waals surface area contributed by atoms with Crippen molar-refractivity contribution in [1.29, 1.82) is 5.26 Å². The van der Waals surface area contributed by atoms with Crippen LogP contribution >= 0.6 is 0 Å². The molecular formula is C15H19N3O. The number of likely N-dealkylation sites (N-methyl/N-ethyl adjacent to an activating group) is 1. The van der Waals surface area contributed by atoms with E-state index in [4.69, 9.17) is 0 Å². The van der Waals surface area contributed by atoms with Crippen molar-refractivity contribution in [3.8, 4) is 6.07 Å². The van der Waals surface area contributed by atoms with E-state index in [1.807, 2.05) is 32.0 Å². The summed E-state index contributed by atoms with van der Waals surface area (Å²) in [4.78, 5) is 14.2. The van der Waals surface area contributed by atoms with Gasteiger partial charge >= 0.3 is 0 Å². The number of nitrogens with zero attached hydrogens (tertiary/aromatic N) is 2. The van der Waals surface area contributed by atoms with E-state index in [9.17, 15) is 10.1 Å². The summed E-state index contributed by atoms with van der Waals surface area (Å²) in [5.41, 5.74) is 2.27. The Morgan fingerprint density at radius 3 is 3.00 bits per heavy atom. The molecular weight excluding hydrogens is 238 g/mol. The number of amides is 1. The Kier molecular flexibility index (Phi) is 4.18. The first-order valence-electron chi connectivity index (χ1n) is 6.73. The third kappa shape index (κ3) is 2.61. The molecule has 1 saturated heterocycles. The molecule has 100 valence electrons. The van der Waals surface area contributed by atoms with Crippen molar-refractivity contribution in [2.45, 2.75) is 32.7 Å². The first kappa shape index (κ1) is 13.6. The van der Waals surface area contributed by atoms with Crippen LogP contribution < -0.4 is 10.2 Å². The fraction of sp³-hybridized carbons (Fsp3) is 0.467. The minimum absolute atomic E-state index is 0.0789. The number of nitrogens with one attached hydrogen (secondary N) is 1. The quantitative estimate of drug-likeness (QED) is 0.900. The monoisotopic (exact) mass is 257 g/mol. The van der Waals surface area contributed by atoms with Crippen LogP contribution in [0.5, 0.6) is 0 Å². The number of rotatable bonds is 3. The molecule has 1 atom stereocenters. The Bertz CT molecular complexity index is 517. The standard InChI is InChI=1S/C15H19N3O/c1-3-17-13-7-5-9-18(15(13)19)14-8-4-6-11(2)12(14)10-16/h4,6,8,13,17H,3,5,7,9H2,1-2H3. The lowest BCUT2D eigenvalue weighted by atomic mass is 10.0. The molecule has 1 aliphatic heterocycles. The van der Waals surface area contributed by atoms with Gasteiger partial charge in [0.2, 0.25) is 5.91 Å². The number of carbonyl (C=O) groups is 1. The summed E-state index contributed by atoms with van der Waals surface area (Å²) < 4.78 is 0. The lowest BCUT2D eigenvalue weighted by Crippen LogP contribution is -2.51. The van der Waals surface area contributed by atoms with Crippen LogP contribution in [0.2, 0.25) is 0 Å². The van der Waals surface area contributed by atoms with Gasteiger partial charge in [0, 0.05) is 6.54 Å². The molecule has 1 N–H and O–H groups in total. The number of aryl methyl sites for hydroxylation is 1. The van der Waals surface area contributed by atoms with Crippen LogP contribution in [0.4, 0.5) is 5.69 Å². The Hall–Kier alpha value is -1.86. The van der Waals surface area contributed by atoms with Crippen LogP contribution in [-0.4, -0.2) is 25.0 Å². The van der Waals surface area contributed by atoms with Gasteiger partial charge in [-0.1, -0.05) is 19.1 Å². The number of nitriles is 1. The predicted octanol–water partition coefficient (Wildman–Crippen LogP) is 1.97. The number of benzene rings is 1. The number of hydrogen-bond acceptors (Lipinski definition) is 3. The lowest BCUT2D eigenvalue weighted by Gasteiger charge is -2.33. The highest BCUT2D eigenvalue weighted by Crippen LogP contribution is 2.26. The van der Waals surface area contributed by atoms with Gasteiger partial charge in [0.05, 0.1) is 17.3 Å². The molecule has 1 aromatic rings. The Labute approximate surface area is 114 Å². The van der Waals surface area contributed by atoms with Crippen molar-refractivity contribution >= 4 is 11.6 Å². The highest BCUT2D eigenvalue weighted by Gasteiger charge is 2.30. The smallest absolute Gasteiger partial charge is 0.244 e. The maximum atomic E-state index is 12.4. The maximum absolute atomic E-state index is 12.4. The zero-order chi connectivity index (χ0) is 13.8. The number of hydrogen-bond donors (Lipinski definition) is 1. The Balaban J connectivity index is 2.34. The molecule has 1 heterocycles. The van der Waals surface area contributed by atoms with E-state index in [0.717, 1.165) is 30.6 Å². The number of carbonyl (C=O) groups excluding carboxylic acids is 1. The zero-order valence-electron chi connectivity index (χ0n) is 11.4. The van der Waals surface area contributed by atoms with Crippen molar-refractivity contribution in [3.63, 3.8) is 0 Å². The molecule has 0 bridgehead atoms. The van der Waals surface area contributed by atoms with Crippen molar-refractivity contribution < 1.29 is 4.79 Å². The number of anilines is 1. The summed E-state index contributed by atoms with van der Waals surface area (Å²) in [7, 11) is 0. The van der Waals surface area contributed by atoms with Gasteiger partial charge in [-0.3, -0.25) is 4.79 Å². The minimum atomic E-state index is -0.120. The fourth-order valence-electron chi connectivity index (χ4n) is 2.57. The second kappa shape index (κ2) is 5.85. The second-order valence-electron chi connectivity index (χ2n) is 4.82. The molecule has 1 aromatic carbocycles. The van der Waals surface area contributed by atoms with Crippen LogP contribution in [0.15, 0.2) is 18.2 Å². The SMILES string of the molecule is CCNC1CCCN(c2cccc(C)c2C#N)C1=O. The van der Waals surface area contributed by atoms with E-state index in [0.29, 0.717) is 12.1 Å². The predicted molar refractivity (Wildman–Crippen MR) is 74.9 cm³/mol. The van der Waals surface area contributed by atoms with Gasteiger partial charge in [-0.25, -0.2) is 0 Å². The minimum Gasteiger partial charge on any atom is -0.310 e.